The summed E-state index contributed by atoms with van der Waals surface area (Å²) in [5, 5.41) is 9.65. The van der Waals surface area contributed by atoms with E-state index in [1.165, 1.54) is 12.4 Å². The van der Waals surface area contributed by atoms with Crippen molar-refractivity contribution in [1.29, 1.82) is 0 Å². The second-order valence-electron chi connectivity index (χ2n) is 6.87. The van der Waals surface area contributed by atoms with Crippen molar-refractivity contribution < 1.29 is 9.18 Å². The van der Waals surface area contributed by atoms with Gasteiger partial charge in [-0.2, -0.15) is 5.10 Å². The first kappa shape index (κ1) is 18.3. The summed E-state index contributed by atoms with van der Waals surface area (Å²) in [6, 6.07) is 13.8. The number of aromatic nitrogens is 3. The van der Waals surface area contributed by atoms with E-state index < -0.39 is 0 Å². The number of aromatic amines is 1. The molecular weight excluding hydrogens is 357 g/mol. The van der Waals surface area contributed by atoms with Crippen LogP contribution in [-0.4, -0.2) is 45.6 Å². The zero-order valence-corrected chi connectivity index (χ0v) is 15.4. The molecule has 0 bridgehead atoms. The van der Waals surface area contributed by atoms with Crippen LogP contribution in [0.15, 0.2) is 54.9 Å². The Bertz CT molecular complexity index is 937. The summed E-state index contributed by atoms with van der Waals surface area (Å²) >= 11 is 0. The van der Waals surface area contributed by atoms with Gasteiger partial charge in [0.05, 0.1) is 11.6 Å². The zero-order chi connectivity index (χ0) is 19.3. The SMILES string of the molecule is O=C(NC[C@H](c1ccccc1F)N1CCCC1)c1ccccc1-c1ncn[nH]1. The molecule has 144 valence electrons. The van der Waals surface area contributed by atoms with Crippen molar-refractivity contribution in [2.24, 2.45) is 0 Å². The number of likely N-dealkylation sites (tertiary alicyclic amines) is 1. The van der Waals surface area contributed by atoms with Crippen LogP contribution >= 0.6 is 0 Å². The Labute approximate surface area is 162 Å². The molecule has 6 nitrogen and oxygen atoms in total. The molecule has 4 rings (SSSR count). The minimum Gasteiger partial charge on any atom is -0.350 e. The van der Waals surface area contributed by atoms with Crippen LogP contribution in [0.25, 0.3) is 11.4 Å². The van der Waals surface area contributed by atoms with Gasteiger partial charge in [0.15, 0.2) is 5.82 Å². The summed E-state index contributed by atoms with van der Waals surface area (Å²) in [6.07, 6.45) is 3.59. The highest BCUT2D eigenvalue weighted by atomic mass is 19.1. The molecule has 2 heterocycles. The maximum Gasteiger partial charge on any atom is 0.252 e. The number of rotatable bonds is 6. The van der Waals surface area contributed by atoms with E-state index in [0.29, 0.717) is 29.1 Å². The molecule has 1 fully saturated rings. The first-order valence-corrected chi connectivity index (χ1v) is 9.45. The van der Waals surface area contributed by atoms with Gasteiger partial charge < -0.3 is 5.32 Å². The Morgan fingerprint density at radius 3 is 2.64 bits per heavy atom. The number of halogens is 1. The predicted octanol–water partition coefficient (Wildman–Crippen LogP) is 3.18. The summed E-state index contributed by atoms with van der Waals surface area (Å²) in [5.74, 6) is 0.0826. The second kappa shape index (κ2) is 8.31. The molecule has 1 aliphatic rings. The van der Waals surface area contributed by atoms with Crippen LogP contribution < -0.4 is 5.32 Å². The third kappa shape index (κ3) is 3.80. The lowest BCUT2D eigenvalue weighted by atomic mass is 10.0. The maximum absolute atomic E-state index is 14.4. The van der Waals surface area contributed by atoms with Gasteiger partial charge in [0, 0.05) is 17.7 Å². The molecule has 0 unspecified atom stereocenters. The molecule has 1 atom stereocenters. The molecule has 0 radical (unpaired) electrons. The molecule has 0 aliphatic carbocycles. The van der Waals surface area contributed by atoms with Crippen molar-refractivity contribution in [1.82, 2.24) is 25.4 Å². The molecule has 28 heavy (non-hydrogen) atoms. The van der Waals surface area contributed by atoms with Crippen LogP contribution in [0.2, 0.25) is 0 Å². The predicted molar refractivity (Wildman–Crippen MR) is 104 cm³/mol. The summed E-state index contributed by atoms with van der Waals surface area (Å²) in [5.41, 5.74) is 1.81. The van der Waals surface area contributed by atoms with Crippen molar-refractivity contribution in [3.63, 3.8) is 0 Å². The maximum atomic E-state index is 14.4. The van der Waals surface area contributed by atoms with Crippen LogP contribution in [0, 0.1) is 5.82 Å². The van der Waals surface area contributed by atoms with Crippen molar-refractivity contribution in [2.45, 2.75) is 18.9 Å². The third-order valence-electron chi connectivity index (χ3n) is 5.14. The van der Waals surface area contributed by atoms with E-state index in [9.17, 15) is 9.18 Å². The number of nitrogens with one attached hydrogen (secondary N) is 2. The minimum atomic E-state index is -0.240. The van der Waals surface area contributed by atoms with Gasteiger partial charge in [0.1, 0.15) is 12.1 Å². The van der Waals surface area contributed by atoms with Crippen molar-refractivity contribution in [3.8, 4) is 11.4 Å². The lowest BCUT2D eigenvalue weighted by Gasteiger charge is -2.28. The van der Waals surface area contributed by atoms with Crippen LogP contribution in [-0.2, 0) is 0 Å². The van der Waals surface area contributed by atoms with Crippen molar-refractivity contribution in [2.75, 3.05) is 19.6 Å². The van der Waals surface area contributed by atoms with E-state index in [1.807, 2.05) is 24.3 Å². The fraction of sp³-hybridized carbons (Fsp3) is 0.286. The molecule has 0 saturated carbocycles. The van der Waals surface area contributed by atoms with Crippen LogP contribution in [0.4, 0.5) is 4.39 Å². The average Bonchev–Trinajstić information content (AvgIpc) is 3.44. The number of amides is 1. The first-order valence-electron chi connectivity index (χ1n) is 9.45. The highest BCUT2D eigenvalue weighted by molar-refractivity contribution is 6.00. The van der Waals surface area contributed by atoms with E-state index in [-0.39, 0.29) is 17.8 Å². The Hall–Kier alpha value is -3.06. The molecule has 7 heteroatoms. The Morgan fingerprint density at radius 1 is 1.14 bits per heavy atom. The van der Waals surface area contributed by atoms with Gasteiger partial charge in [-0.1, -0.05) is 36.4 Å². The number of carbonyl (C=O) groups is 1. The summed E-state index contributed by atoms with van der Waals surface area (Å²) in [4.78, 5) is 19.3. The van der Waals surface area contributed by atoms with Gasteiger partial charge in [-0.25, -0.2) is 9.37 Å². The number of hydrogen-bond acceptors (Lipinski definition) is 4. The van der Waals surface area contributed by atoms with Gasteiger partial charge in [-0.05, 0) is 38.1 Å². The number of benzene rings is 2. The van der Waals surface area contributed by atoms with E-state index in [0.717, 1.165) is 25.9 Å². The molecule has 2 N–H and O–H groups in total. The highest BCUT2D eigenvalue weighted by Gasteiger charge is 2.26. The number of hydrogen-bond donors (Lipinski definition) is 2. The Balaban J connectivity index is 1.55. The van der Waals surface area contributed by atoms with Gasteiger partial charge in [0.2, 0.25) is 0 Å². The lowest BCUT2D eigenvalue weighted by molar-refractivity contribution is 0.0937. The monoisotopic (exact) mass is 379 g/mol. The van der Waals surface area contributed by atoms with E-state index in [4.69, 9.17) is 0 Å². The fourth-order valence-electron chi connectivity index (χ4n) is 3.74. The first-order chi connectivity index (χ1) is 13.7. The smallest absolute Gasteiger partial charge is 0.252 e. The summed E-state index contributed by atoms with van der Waals surface area (Å²) in [6.45, 7) is 2.15. The molecule has 1 amide bonds. The average molecular weight is 379 g/mol. The lowest BCUT2D eigenvalue weighted by Crippen LogP contribution is -2.37. The number of nitrogens with zero attached hydrogens (tertiary/aromatic N) is 3. The quantitative estimate of drug-likeness (QED) is 0.690. The van der Waals surface area contributed by atoms with Crippen molar-refractivity contribution in [3.05, 3.63) is 71.8 Å². The minimum absolute atomic E-state index is 0.190. The van der Waals surface area contributed by atoms with Gasteiger partial charge in [0.25, 0.3) is 5.91 Å². The summed E-state index contributed by atoms with van der Waals surface area (Å²) < 4.78 is 14.4. The van der Waals surface area contributed by atoms with E-state index in [1.54, 1.807) is 18.2 Å². The molecule has 1 saturated heterocycles. The topological polar surface area (TPSA) is 73.9 Å². The van der Waals surface area contributed by atoms with Gasteiger partial charge in [-0.3, -0.25) is 14.8 Å². The Morgan fingerprint density at radius 2 is 1.89 bits per heavy atom. The molecule has 1 aromatic heterocycles. The molecule has 0 spiro atoms. The van der Waals surface area contributed by atoms with Gasteiger partial charge in [-0.15, -0.1) is 0 Å². The third-order valence-corrected chi connectivity index (χ3v) is 5.14. The largest absolute Gasteiger partial charge is 0.350 e. The zero-order valence-electron chi connectivity index (χ0n) is 15.4. The molecule has 2 aromatic carbocycles. The standard InChI is InChI=1S/C21H22FN5O/c22-18-10-4-3-9-17(18)19(27-11-5-6-12-27)13-23-21(28)16-8-2-1-7-15(16)20-24-14-25-26-20/h1-4,7-10,14,19H,5-6,11-13H2,(H,23,28)(H,24,25,26)/t19-/m1/s1. The molecule has 3 aromatic rings. The van der Waals surface area contributed by atoms with Gasteiger partial charge >= 0.3 is 0 Å². The van der Waals surface area contributed by atoms with Crippen LogP contribution in [0.1, 0.15) is 34.8 Å². The normalized spacial score (nSPS) is 15.5. The molecule has 1 aliphatic heterocycles. The second-order valence-corrected chi connectivity index (χ2v) is 6.87. The number of H-pyrrole nitrogens is 1. The van der Waals surface area contributed by atoms with E-state index in [2.05, 4.69) is 25.4 Å². The number of carbonyl (C=O) groups excluding carboxylic acids is 1. The van der Waals surface area contributed by atoms with Crippen LogP contribution in [0.3, 0.4) is 0 Å². The fourth-order valence-corrected chi connectivity index (χ4v) is 3.74. The van der Waals surface area contributed by atoms with Crippen molar-refractivity contribution >= 4 is 5.91 Å². The Kier molecular flexibility index (Phi) is 5.43. The van der Waals surface area contributed by atoms with Crippen LogP contribution in [0.5, 0.6) is 0 Å². The van der Waals surface area contributed by atoms with E-state index >= 15 is 0 Å². The summed E-state index contributed by atoms with van der Waals surface area (Å²) in [7, 11) is 0. The molecular formula is C21H22FN5O. The highest BCUT2D eigenvalue weighted by Crippen LogP contribution is 2.27.